The Labute approximate surface area is 329 Å². The van der Waals surface area contributed by atoms with Crippen LogP contribution >= 0.6 is 0 Å². The van der Waals surface area contributed by atoms with E-state index in [2.05, 4.69) is 198 Å². The second kappa shape index (κ2) is 10.5. The standard InChI is InChI=1S/C53H31BN2O/c1-2-16-33-32(15-1)31-39-36-19-5-10-27-45(36)56(47-29-13-21-38-37-20-6-12-30-48(37)57-52(38)47)54-44-26-14-25-43-51(44)55(50(33)49(39)54)46-28-11-9-24-42(46)53(43)40-22-7-3-17-34(40)35-18-4-8-23-41(35)53/h1-31H. The van der Waals surface area contributed by atoms with Crippen LogP contribution in [0.3, 0.4) is 0 Å². The first-order chi connectivity index (χ1) is 28.3. The van der Waals surface area contributed by atoms with Crippen LogP contribution in [0.15, 0.2) is 192 Å². The van der Waals surface area contributed by atoms with Gasteiger partial charge in [-0.2, -0.15) is 0 Å². The quantitative estimate of drug-likeness (QED) is 0.157. The summed E-state index contributed by atoms with van der Waals surface area (Å²) in [6, 6.07) is 70.0. The smallest absolute Gasteiger partial charge is 0.333 e. The first-order valence-electron chi connectivity index (χ1n) is 19.9. The van der Waals surface area contributed by atoms with Gasteiger partial charge in [0, 0.05) is 33.1 Å². The van der Waals surface area contributed by atoms with Crippen molar-refractivity contribution in [1.82, 2.24) is 0 Å². The molecule has 4 heterocycles. The molecule has 0 unspecified atom stereocenters. The summed E-state index contributed by atoms with van der Waals surface area (Å²) >= 11 is 0. The van der Waals surface area contributed by atoms with E-state index in [1.807, 2.05) is 0 Å². The second-order valence-corrected chi connectivity index (χ2v) is 15.9. The number of nitrogens with zero attached hydrogens (tertiary/aromatic N) is 2. The summed E-state index contributed by atoms with van der Waals surface area (Å²) in [6.45, 7) is -0.145. The third kappa shape index (κ3) is 3.48. The molecule has 9 aromatic carbocycles. The molecule has 0 radical (unpaired) electrons. The lowest BCUT2D eigenvalue weighted by atomic mass is 9.42. The van der Waals surface area contributed by atoms with Gasteiger partial charge in [0.25, 0.3) is 0 Å². The van der Waals surface area contributed by atoms with Crippen molar-refractivity contribution in [3.05, 3.63) is 210 Å². The van der Waals surface area contributed by atoms with Gasteiger partial charge in [-0.1, -0.05) is 158 Å². The average molecular weight is 723 g/mol. The number of hydrogen-bond acceptors (Lipinski definition) is 3. The summed E-state index contributed by atoms with van der Waals surface area (Å²) in [6.07, 6.45) is 0. The fourth-order valence-corrected chi connectivity index (χ4v) is 11.4. The Bertz CT molecular complexity index is 3370. The molecule has 0 saturated carbocycles. The zero-order valence-corrected chi connectivity index (χ0v) is 30.8. The molecule has 1 aliphatic carbocycles. The van der Waals surface area contributed by atoms with Crippen molar-refractivity contribution >= 4 is 78.9 Å². The highest BCUT2D eigenvalue weighted by Gasteiger charge is 2.56. The lowest BCUT2D eigenvalue weighted by Crippen LogP contribution is -2.62. The molecule has 4 aliphatic rings. The minimum Gasteiger partial charge on any atom is -0.454 e. The molecule has 10 aromatic rings. The second-order valence-electron chi connectivity index (χ2n) is 15.9. The SMILES string of the molecule is c1ccc2c(c1)-c1cc3ccccc3c3c1B(c1cccc4c1N3c1ccccc1C41c3ccccc3-c3ccccc31)N2c1cccc2c1oc1ccccc12. The summed E-state index contributed by atoms with van der Waals surface area (Å²) in [5.74, 6) is 0. The van der Waals surface area contributed by atoms with E-state index in [1.165, 1.54) is 89.0 Å². The van der Waals surface area contributed by atoms with Crippen LogP contribution in [-0.2, 0) is 5.41 Å². The van der Waals surface area contributed by atoms with Crippen molar-refractivity contribution in [3.63, 3.8) is 0 Å². The topological polar surface area (TPSA) is 19.6 Å². The van der Waals surface area contributed by atoms with Gasteiger partial charge < -0.3 is 14.1 Å². The van der Waals surface area contributed by atoms with E-state index < -0.39 is 5.41 Å². The maximum Gasteiger partial charge on any atom is 0.333 e. The number of furan rings is 1. The molecular weight excluding hydrogens is 691 g/mol. The van der Waals surface area contributed by atoms with E-state index in [0.29, 0.717) is 0 Å². The highest BCUT2D eigenvalue weighted by Crippen LogP contribution is 2.64. The Balaban J connectivity index is 1.18. The van der Waals surface area contributed by atoms with Gasteiger partial charge >= 0.3 is 6.85 Å². The van der Waals surface area contributed by atoms with Gasteiger partial charge in [0.15, 0.2) is 5.58 Å². The molecule has 0 fully saturated rings. The van der Waals surface area contributed by atoms with Crippen LogP contribution in [0.5, 0.6) is 0 Å². The van der Waals surface area contributed by atoms with Gasteiger partial charge in [-0.15, -0.1) is 0 Å². The monoisotopic (exact) mass is 722 g/mol. The van der Waals surface area contributed by atoms with Gasteiger partial charge in [-0.3, -0.25) is 0 Å². The number of anilines is 5. The Morgan fingerprint density at radius 1 is 0.421 bits per heavy atom. The van der Waals surface area contributed by atoms with Crippen LogP contribution in [0.1, 0.15) is 22.3 Å². The summed E-state index contributed by atoms with van der Waals surface area (Å²) in [4.78, 5) is 5.23. The first kappa shape index (κ1) is 30.0. The van der Waals surface area contributed by atoms with Crippen molar-refractivity contribution in [2.75, 3.05) is 9.71 Å². The molecule has 0 N–H and O–H groups in total. The Hall–Kier alpha value is -7.30. The molecule has 14 rings (SSSR count). The van der Waals surface area contributed by atoms with Crippen molar-refractivity contribution in [2.45, 2.75) is 5.41 Å². The molecule has 3 nitrogen and oxygen atoms in total. The van der Waals surface area contributed by atoms with Crippen molar-refractivity contribution in [2.24, 2.45) is 0 Å². The predicted octanol–water partition coefficient (Wildman–Crippen LogP) is 12.1. The molecule has 0 bridgehead atoms. The molecular formula is C53H31BN2O. The van der Waals surface area contributed by atoms with Gasteiger partial charge in [0.05, 0.1) is 22.5 Å². The van der Waals surface area contributed by atoms with Gasteiger partial charge in [0.1, 0.15) is 5.58 Å². The molecule has 0 amide bonds. The molecule has 1 spiro atoms. The molecule has 3 aliphatic heterocycles. The van der Waals surface area contributed by atoms with Crippen molar-refractivity contribution < 1.29 is 4.42 Å². The lowest BCUT2D eigenvalue weighted by Gasteiger charge is -2.51. The highest BCUT2D eigenvalue weighted by atomic mass is 16.3. The van der Waals surface area contributed by atoms with Crippen LogP contribution < -0.4 is 20.6 Å². The Morgan fingerprint density at radius 3 is 1.84 bits per heavy atom. The van der Waals surface area contributed by atoms with E-state index in [0.717, 1.165) is 27.6 Å². The molecule has 57 heavy (non-hydrogen) atoms. The minimum atomic E-state index is -0.507. The number of rotatable bonds is 1. The first-order valence-corrected chi connectivity index (χ1v) is 19.9. The van der Waals surface area contributed by atoms with Crippen LogP contribution in [-0.4, -0.2) is 6.85 Å². The third-order valence-corrected chi connectivity index (χ3v) is 13.4. The molecule has 4 heteroatoms. The Morgan fingerprint density at radius 2 is 1.02 bits per heavy atom. The summed E-state index contributed by atoms with van der Waals surface area (Å²) < 4.78 is 6.86. The van der Waals surface area contributed by atoms with Crippen molar-refractivity contribution in [1.29, 1.82) is 0 Å². The molecule has 1 aromatic heterocycles. The summed E-state index contributed by atoms with van der Waals surface area (Å²) in [7, 11) is 0. The summed E-state index contributed by atoms with van der Waals surface area (Å²) in [5, 5.41) is 4.75. The number of hydrogen-bond donors (Lipinski definition) is 0. The Kier molecular flexibility index (Phi) is 5.53. The van der Waals surface area contributed by atoms with Gasteiger partial charge in [-0.05, 0) is 85.6 Å². The number of fused-ring (bicyclic) bond motifs is 18. The number of benzene rings is 9. The minimum absolute atomic E-state index is 0.145. The fourth-order valence-electron chi connectivity index (χ4n) is 11.4. The third-order valence-electron chi connectivity index (χ3n) is 13.4. The zero-order chi connectivity index (χ0) is 37.0. The maximum atomic E-state index is 6.86. The molecule has 0 saturated heterocycles. The highest BCUT2D eigenvalue weighted by molar-refractivity contribution is 6.94. The molecule has 262 valence electrons. The van der Waals surface area contributed by atoms with E-state index in [4.69, 9.17) is 4.42 Å². The van der Waals surface area contributed by atoms with E-state index in [9.17, 15) is 0 Å². The van der Waals surface area contributed by atoms with Crippen molar-refractivity contribution in [3.8, 4) is 22.3 Å². The maximum absolute atomic E-state index is 6.86. The normalized spacial score (nSPS) is 14.7. The largest absolute Gasteiger partial charge is 0.454 e. The lowest BCUT2D eigenvalue weighted by molar-refractivity contribution is 0.669. The number of para-hydroxylation sites is 5. The van der Waals surface area contributed by atoms with Crippen LogP contribution in [0, 0.1) is 0 Å². The van der Waals surface area contributed by atoms with Crippen LogP contribution in [0.2, 0.25) is 0 Å². The summed E-state index contributed by atoms with van der Waals surface area (Å²) in [5.41, 5.74) is 20.3. The van der Waals surface area contributed by atoms with E-state index >= 15 is 0 Å². The molecule has 0 atom stereocenters. The van der Waals surface area contributed by atoms with Gasteiger partial charge in [0.2, 0.25) is 0 Å². The fraction of sp³-hybridized carbons (Fsp3) is 0.0189. The van der Waals surface area contributed by atoms with Crippen LogP contribution in [0.25, 0.3) is 55.0 Å². The zero-order valence-electron chi connectivity index (χ0n) is 30.8. The van der Waals surface area contributed by atoms with Crippen LogP contribution in [0.4, 0.5) is 28.4 Å². The van der Waals surface area contributed by atoms with Gasteiger partial charge in [-0.25, -0.2) is 0 Å². The average Bonchev–Trinajstić information content (AvgIpc) is 3.80. The van der Waals surface area contributed by atoms with E-state index in [-0.39, 0.29) is 6.85 Å². The predicted molar refractivity (Wildman–Crippen MR) is 236 cm³/mol. The van der Waals surface area contributed by atoms with E-state index in [1.54, 1.807) is 0 Å².